The highest BCUT2D eigenvalue weighted by Gasteiger charge is 2.31. The van der Waals surface area contributed by atoms with Gasteiger partial charge in [0.15, 0.2) is 5.58 Å². The Morgan fingerprint density at radius 3 is 2.93 bits per heavy atom. The third kappa shape index (κ3) is 6.61. The van der Waals surface area contributed by atoms with Gasteiger partial charge in [0.2, 0.25) is 5.91 Å². The number of nitrogens with zero attached hydrogens (tertiary/aromatic N) is 2. The van der Waals surface area contributed by atoms with Crippen molar-refractivity contribution >= 4 is 41.1 Å². The number of halogens is 1. The first-order valence-corrected chi connectivity index (χ1v) is 9.96. The Morgan fingerprint density at radius 2 is 2.24 bits per heavy atom. The van der Waals surface area contributed by atoms with E-state index in [0.29, 0.717) is 36.4 Å². The minimum Gasteiger partial charge on any atom is -0.483 e. The number of carbonyl (C=O) groups excluding carboxylic acids is 1. The zero-order valence-corrected chi connectivity index (χ0v) is 17.7. The van der Waals surface area contributed by atoms with Crippen molar-refractivity contribution in [2.24, 2.45) is 5.92 Å². The second kappa shape index (κ2) is 10.5. The van der Waals surface area contributed by atoms with E-state index in [4.69, 9.17) is 30.7 Å². The maximum Gasteiger partial charge on any atom is 0.298 e. The Hall–Kier alpha value is -2.32. The Labute approximate surface area is 175 Å². The van der Waals surface area contributed by atoms with Gasteiger partial charge in [0.25, 0.3) is 12.5 Å². The van der Waals surface area contributed by atoms with Crippen LogP contribution in [0.25, 0.3) is 11.1 Å². The Kier molecular flexibility index (Phi) is 8.28. The van der Waals surface area contributed by atoms with Gasteiger partial charge < -0.3 is 24.5 Å². The second-order valence-electron chi connectivity index (χ2n) is 7.51. The van der Waals surface area contributed by atoms with Crippen molar-refractivity contribution in [2.75, 3.05) is 31.2 Å². The van der Waals surface area contributed by atoms with Crippen LogP contribution in [0.1, 0.15) is 33.6 Å². The fourth-order valence-corrected chi connectivity index (χ4v) is 3.38. The number of hydrogen-bond donors (Lipinski definition) is 2. The number of amides is 1. The minimum atomic E-state index is -0.385. The Balaban J connectivity index is 0.000000941. The first-order chi connectivity index (χ1) is 13.8. The van der Waals surface area contributed by atoms with Crippen molar-refractivity contribution in [1.82, 2.24) is 10.3 Å². The molecule has 0 bridgehead atoms. The van der Waals surface area contributed by atoms with Gasteiger partial charge in [0.05, 0.1) is 18.1 Å². The van der Waals surface area contributed by atoms with Crippen LogP contribution < -0.4 is 10.2 Å². The number of ether oxygens (including phenoxy) is 1. The number of anilines is 1. The Morgan fingerprint density at radius 1 is 1.52 bits per heavy atom. The maximum absolute atomic E-state index is 12.7. The highest BCUT2D eigenvalue weighted by Crippen LogP contribution is 2.28. The van der Waals surface area contributed by atoms with Gasteiger partial charge >= 0.3 is 0 Å². The number of nitrogens with one attached hydrogen (secondary N) is 1. The van der Waals surface area contributed by atoms with Crippen molar-refractivity contribution in [2.45, 2.75) is 39.2 Å². The van der Waals surface area contributed by atoms with Crippen LogP contribution in [0.3, 0.4) is 0 Å². The molecule has 2 N–H and O–H groups in total. The minimum absolute atomic E-state index is 0.0542. The molecular weight excluding hydrogens is 398 g/mol. The van der Waals surface area contributed by atoms with Gasteiger partial charge in [-0.25, -0.2) is 0 Å². The summed E-state index contributed by atoms with van der Waals surface area (Å²) in [6.07, 6.45) is 1.78. The summed E-state index contributed by atoms with van der Waals surface area (Å²) in [7, 11) is 0. The van der Waals surface area contributed by atoms with Crippen molar-refractivity contribution in [3.05, 3.63) is 23.2 Å². The van der Waals surface area contributed by atoms with Crippen LogP contribution in [-0.2, 0) is 14.3 Å². The molecule has 8 nitrogen and oxygen atoms in total. The smallest absolute Gasteiger partial charge is 0.298 e. The SMILES string of the molecule is CCOCC(C)(C)NC(=O)C1CCCN(c2nc3cc(Cl)ccc3o2)C1.O=CO. The number of carbonyl (C=O) groups is 2. The number of hydrogen-bond acceptors (Lipinski definition) is 6. The quantitative estimate of drug-likeness (QED) is 0.684. The molecule has 9 heteroatoms. The average Bonchev–Trinajstić information content (AvgIpc) is 3.10. The number of oxazole rings is 1. The lowest BCUT2D eigenvalue weighted by Gasteiger charge is -2.33. The summed E-state index contributed by atoms with van der Waals surface area (Å²) < 4.78 is 11.3. The molecule has 1 fully saturated rings. The molecule has 2 heterocycles. The predicted octanol–water partition coefficient (Wildman–Crippen LogP) is 3.33. The van der Waals surface area contributed by atoms with E-state index < -0.39 is 0 Å². The molecule has 1 aromatic heterocycles. The molecule has 1 aromatic carbocycles. The summed E-state index contributed by atoms with van der Waals surface area (Å²) in [5.41, 5.74) is 1.05. The van der Waals surface area contributed by atoms with E-state index in [-0.39, 0.29) is 23.8 Å². The standard InChI is InChI=1S/C19H26ClN3O3.CH2O2/c1-4-25-12-19(2,3)22-17(24)13-6-5-9-23(11-13)18-21-15-10-14(20)7-8-16(15)26-18;2-1-3/h7-8,10,13H,4-6,9,11-12H2,1-3H3,(H,22,24);1H,(H,2,3). The zero-order chi connectivity index (χ0) is 21.4. The van der Waals surface area contributed by atoms with Gasteiger partial charge in [-0.3, -0.25) is 9.59 Å². The molecule has 3 rings (SSSR count). The summed E-state index contributed by atoms with van der Waals surface area (Å²) in [6.45, 7) is 8.21. The molecular formula is C20H28ClN3O5. The lowest BCUT2D eigenvalue weighted by Crippen LogP contribution is -2.52. The summed E-state index contributed by atoms with van der Waals surface area (Å²) in [4.78, 5) is 27.6. The van der Waals surface area contributed by atoms with Crippen molar-refractivity contribution < 1.29 is 23.8 Å². The molecule has 1 aliphatic heterocycles. The van der Waals surface area contributed by atoms with Crippen LogP contribution in [0.4, 0.5) is 6.01 Å². The molecule has 1 amide bonds. The number of fused-ring (bicyclic) bond motifs is 1. The number of rotatable bonds is 6. The average molecular weight is 426 g/mol. The van der Waals surface area contributed by atoms with Crippen molar-refractivity contribution in [3.63, 3.8) is 0 Å². The van der Waals surface area contributed by atoms with Gasteiger partial charge in [-0.1, -0.05) is 11.6 Å². The normalized spacial score (nSPS) is 16.8. The molecule has 1 unspecified atom stereocenters. The summed E-state index contributed by atoms with van der Waals surface area (Å²) >= 11 is 6.02. The first-order valence-electron chi connectivity index (χ1n) is 9.58. The molecule has 0 radical (unpaired) electrons. The second-order valence-corrected chi connectivity index (χ2v) is 7.95. The molecule has 0 aliphatic carbocycles. The first kappa shape index (κ1) is 23.0. The van der Waals surface area contributed by atoms with Gasteiger partial charge in [0.1, 0.15) is 5.52 Å². The van der Waals surface area contributed by atoms with Gasteiger partial charge in [-0.2, -0.15) is 4.98 Å². The van der Waals surface area contributed by atoms with E-state index in [1.165, 1.54) is 0 Å². The number of carboxylic acid groups (broad SMARTS) is 1. The maximum atomic E-state index is 12.7. The largest absolute Gasteiger partial charge is 0.483 e. The lowest BCUT2D eigenvalue weighted by atomic mass is 9.95. The van der Waals surface area contributed by atoms with E-state index in [0.717, 1.165) is 24.9 Å². The van der Waals surface area contributed by atoms with Crippen LogP contribution in [0, 0.1) is 5.92 Å². The van der Waals surface area contributed by atoms with E-state index in [9.17, 15) is 4.79 Å². The molecule has 1 saturated heterocycles. The molecule has 1 atom stereocenters. The van der Waals surface area contributed by atoms with E-state index in [1.807, 2.05) is 31.7 Å². The van der Waals surface area contributed by atoms with Crippen LogP contribution in [-0.4, -0.2) is 54.3 Å². The van der Waals surface area contributed by atoms with Crippen molar-refractivity contribution in [3.8, 4) is 0 Å². The van der Waals surface area contributed by atoms with Crippen LogP contribution in [0.15, 0.2) is 22.6 Å². The fraction of sp³-hybridized carbons (Fsp3) is 0.550. The third-order valence-corrected chi connectivity index (χ3v) is 4.76. The predicted molar refractivity (Wildman–Crippen MR) is 111 cm³/mol. The van der Waals surface area contributed by atoms with Crippen molar-refractivity contribution in [1.29, 1.82) is 0 Å². The molecule has 1 aliphatic rings. The molecule has 0 spiro atoms. The number of aromatic nitrogens is 1. The van der Waals surface area contributed by atoms with Gasteiger partial charge in [0, 0.05) is 24.7 Å². The highest BCUT2D eigenvalue weighted by atomic mass is 35.5. The molecule has 29 heavy (non-hydrogen) atoms. The highest BCUT2D eigenvalue weighted by molar-refractivity contribution is 6.31. The zero-order valence-electron chi connectivity index (χ0n) is 17.0. The number of benzene rings is 1. The van der Waals surface area contributed by atoms with Gasteiger partial charge in [-0.05, 0) is 51.8 Å². The van der Waals surface area contributed by atoms with Crippen LogP contribution in [0.2, 0.25) is 5.02 Å². The molecule has 2 aromatic rings. The Bertz CT molecular complexity index is 824. The summed E-state index contributed by atoms with van der Waals surface area (Å²) in [6, 6.07) is 5.94. The third-order valence-electron chi connectivity index (χ3n) is 4.53. The monoisotopic (exact) mass is 425 g/mol. The van der Waals surface area contributed by atoms with Crippen LogP contribution >= 0.6 is 11.6 Å². The number of piperidine rings is 1. The van der Waals surface area contributed by atoms with Gasteiger partial charge in [-0.15, -0.1) is 0 Å². The fourth-order valence-electron chi connectivity index (χ4n) is 3.22. The lowest BCUT2D eigenvalue weighted by molar-refractivity contribution is -0.127. The van der Waals surface area contributed by atoms with E-state index in [2.05, 4.69) is 10.3 Å². The van der Waals surface area contributed by atoms with E-state index in [1.54, 1.807) is 12.1 Å². The molecule has 0 saturated carbocycles. The summed E-state index contributed by atoms with van der Waals surface area (Å²) in [5, 5.41) is 10.6. The molecule has 160 valence electrons. The summed E-state index contributed by atoms with van der Waals surface area (Å²) in [5.74, 6) is -0.0400. The van der Waals surface area contributed by atoms with E-state index >= 15 is 0 Å². The van der Waals surface area contributed by atoms with Crippen LogP contribution in [0.5, 0.6) is 0 Å². The topological polar surface area (TPSA) is 105 Å².